The van der Waals surface area contributed by atoms with Crippen molar-refractivity contribution in [2.45, 2.75) is 83.0 Å². The van der Waals surface area contributed by atoms with Gasteiger partial charge in [-0.3, -0.25) is 11.3 Å². The zero-order valence-electron chi connectivity index (χ0n) is 13.4. The molecule has 1 saturated heterocycles. The van der Waals surface area contributed by atoms with Gasteiger partial charge in [0.25, 0.3) is 0 Å². The summed E-state index contributed by atoms with van der Waals surface area (Å²) in [4.78, 5) is 0. The van der Waals surface area contributed by atoms with Crippen LogP contribution in [-0.2, 0) is 9.47 Å². The van der Waals surface area contributed by atoms with Gasteiger partial charge >= 0.3 is 0 Å². The first-order valence-electron chi connectivity index (χ1n) is 8.14. The van der Waals surface area contributed by atoms with Crippen LogP contribution < -0.4 is 11.3 Å². The normalized spacial score (nSPS) is 30.3. The molecule has 118 valence electrons. The van der Waals surface area contributed by atoms with Crippen LogP contribution in [0.1, 0.15) is 65.2 Å². The summed E-state index contributed by atoms with van der Waals surface area (Å²) in [5.74, 6) is 5.85. The van der Waals surface area contributed by atoms with E-state index >= 15 is 0 Å². The molecule has 4 heteroatoms. The third kappa shape index (κ3) is 3.73. The van der Waals surface area contributed by atoms with Crippen molar-refractivity contribution in [3.63, 3.8) is 0 Å². The topological polar surface area (TPSA) is 56.5 Å². The summed E-state index contributed by atoms with van der Waals surface area (Å²) in [5, 5.41) is 0. The molecule has 1 aliphatic heterocycles. The lowest BCUT2D eigenvalue weighted by Crippen LogP contribution is -2.56. The van der Waals surface area contributed by atoms with E-state index in [9.17, 15) is 0 Å². The molecule has 0 aromatic rings. The van der Waals surface area contributed by atoms with E-state index in [2.05, 4.69) is 19.3 Å². The average molecular weight is 284 g/mol. The molecule has 3 N–H and O–H groups in total. The van der Waals surface area contributed by atoms with Crippen LogP contribution in [0.2, 0.25) is 0 Å². The lowest BCUT2D eigenvalue weighted by Gasteiger charge is -2.47. The molecular formula is C16H32N2O2. The Morgan fingerprint density at radius 1 is 1.30 bits per heavy atom. The molecule has 4 nitrogen and oxygen atoms in total. The van der Waals surface area contributed by atoms with E-state index in [0.29, 0.717) is 11.5 Å². The minimum Gasteiger partial charge on any atom is -0.378 e. The molecule has 1 saturated carbocycles. The van der Waals surface area contributed by atoms with Crippen molar-refractivity contribution in [1.29, 1.82) is 0 Å². The fourth-order valence-corrected chi connectivity index (χ4v) is 3.77. The first-order chi connectivity index (χ1) is 9.51. The van der Waals surface area contributed by atoms with Crippen molar-refractivity contribution < 1.29 is 9.47 Å². The monoisotopic (exact) mass is 284 g/mol. The molecule has 1 heterocycles. The minimum absolute atomic E-state index is 0.0944. The van der Waals surface area contributed by atoms with Crippen LogP contribution in [-0.4, -0.2) is 31.5 Å². The third-order valence-electron chi connectivity index (χ3n) is 5.49. The minimum atomic E-state index is -0.0944. The largest absolute Gasteiger partial charge is 0.378 e. The van der Waals surface area contributed by atoms with E-state index in [4.69, 9.17) is 15.3 Å². The number of nitrogens with one attached hydrogen (secondary N) is 1. The Kier molecular flexibility index (Phi) is 5.46. The molecule has 2 aliphatic rings. The van der Waals surface area contributed by atoms with Gasteiger partial charge in [0, 0.05) is 13.7 Å². The molecule has 2 rings (SSSR count). The molecule has 0 amide bonds. The number of methoxy groups -OCH3 is 1. The molecule has 0 spiro atoms. The van der Waals surface area contributed by atoms with Crippen molar-refractivity contribution >= 4 is 0 Å². The highest BCUT2D eigenvalue weighted by molar-refractivity contribution is 4.98. The quantitative estimate of drug-likeness (QED) is 0.582. The van der Waals surface area contributed by atoms with Crippen LogP contribution >= 0.6 is 0 Å². The van der Waals surface area contributed by atoms with Crippen LogP contribution in [0.5, 0.6) is 0 Å². The molecular weight excluding hydrogens is 252 g/mol. The molecule has 2 atom stereocenters. The fourth-order valence-electron chi connectivity index (χ4n) is 3.77. The SMILES string of the molecule is COC1(C(CCC2CCCO2)NN)CCC(C)(C)CC1. The lowest BCUT2D eigenvalue weighted by atomic mass is 9.68. The fraction of sp³-hybridized carbons (Fsp3) is 1.00. The maximum Gasteiger partial charge on any atom is 0.0844 e. The Bertz CT molecular complexity index is 291. The summed E-state index contributed by atoms with van der Waals surface area (Å²) in [5.41, 5.74) is 3.38. The molecule has 1 aliphatic carbocycles. The Morgan fingerprint density at radius 3 is 2.50 bits per heavy atom. The summed E-state index contributed by atoms with van der Waals surface area (Å²) in [6, 6.07) is 0.229. The number of hydrazine groups is 1. The predicted molar refractivity (Wildman–Crippen MR) is 81.3 cm³/mol. The summed E-state index contributed by atoms with van der Waals surface area (Å²) >= 11 is 0. The zero-order chi connectivity index (χ0) is 14.6. The first kappa shape index (κ1) is 16.2. The van der Waals surface area contributed by atoms with Gasteiger partial charge in [0.15, 0.2) is 0 Å². The van der Waals surface area contributed by atoms with Crippen molar-refractivity contribution in [3.05, 3.63) is 0 Å². The maximum absolute atomic E-state index is 5.96. The van der Waals surface area contributed by atoms with Gasteiger partial charge in [0.2, 0.25) is 0 Å². The molecule has 20 heavy (non-hydrogen) atoms. The highest BCUT2D eigenvalue weighted by Gasteiger charge is 2.43. The summed E-state index contributed by atoms with van der Waals surface area (Å²) in [6.45, 7) is 5.63. The molecule has 0 aromatic heterocycles. The summed E-state index contributed by atoms with van der Waals surface area (Å²) in [6.07, 6.45) is 9.56. The van der Waals surface area contributed by atoms with E-state index in [1.165, 1.54) is 25.7 Å². The van der Waals surface area contributed by atoms with Crippen LogP contribution in [0.15, 0.2) is 0 Å². The van der Waals surface area contributed by atoms with Gasteiger partial charge in [-0.1, -0.05) is 13.8 Å². The summed E-state index contributed by atoms with van der Waals surface area (Å²) < 4.78 is 11.7. The lowest BCUT2D eigenvalue weighted by molar-refractivity contribution is -0.0899. The highest BCUT2D eigenvalue weighted by Crippen LogP contribution is 2.44. The van der Waals surface area contributed by atoms with Gasteiger partial charge in [-0.25, -0.2) is 0 Å². The molecule has 2 unspecified atom stereocenters. The Morgan fingerprint density at radius 2 is 2.00 bits per heavy atom. The maximum atomic E-state index is 5.96. The molecule has 0 bridgehead atoms. The second kappa shape index (κ2) is 6.73. The zero-order valence-corrected chi connectivity index (χ0v) is 13.4. The highest BCUT2D eigenvalue weighted by atomic mass is 16.5. The number of hydrogen-bond acceptors (Lipinski definition) is 4. The van der Waals surface area contributed by atoms with Crippen LogP contribution in [0.25, 0.3) is 0 Å². The van der Waals surface area contributed by atoms with Gasteiger partial charge in [0.05, 0.1) is 17.7 Å². The van der Waals surface area contributed by atoms with Gasteiger partial charge in [-0.15, -0.1) is 0 Å². The van der Waals surface area contributed by atoms with E-state index in [1.54, 1.807) is 0 Å². The van der Waals surface area contributed by atoms with Crippen molar-refractivity contribution in [2.75, 3.05) is 13.7 Å². The van der Waals surface area contributed by atoms with E-state index < -0.39 is 0 Å². The smallest absolute Gasteiger partial charge is 0.0844 e. The van der Waals surface area contributed by atoms with E-state index in [-0.39, 0.29) is 11.6 Å². The van der Waals surface area contributed by atoms with Gasteiger partial charge < -0.3 is 9.47 Å². The third-order valence-corrected chi connectivity index (χ3v) is 5.49. The van der Waals surface area contributed by atoms with Crippen molar-refractivity contribution in [1.82, 2.24) is 5.43 Å². The standard InChI is InChI=1S/C16H32N2O2/c1-15(2)8-10-16(19-3,11-9-15)14(18-17)7-6-13-5-4-12-20-13/h13-14,18H,4-12,17H2,1-3H3. The van der Waals surface area contributed by atoms with Crippen molar-refractivity contribution in [3.8, 4) is 0 Å². The van der Waals surface area contributed by atoms with E-state index in [1.807, 2.05) is 7.11 Å². The second-order valence-corrected chi connectivity index (χ2v) is 7.36. The predicted octanol–water partition coefficient (Wildman–Crippen LogP) is 2.76. The number of ether oxygens (including phenoxy) is 2. The van der Waals surface area contributed by atoms with Crippen molar-refractivity contribution in [2.24, 2.45) is 11.3 Å². The van der Waals surface area contributed by atoms with Crippen LogP contribution in [0.4, 0.5) is 0 Å². The Balaban J connectivity index is 1.92. The van der Waals surface area contributed by atoms with Gasteiger partial charge in [-0.2, -0.15) is 0 Å². The second-order valence-electron chi connectivity index (χ2n) is 7.36. The number of hydrogen-bond donors (Lipinski definition) is 2. The molecule has 0 aromatic carbocycles. The number of rotatable bonds is 6. The molecule has 2 fully saturated rings. The van der Waals surface area contributed by atoms with Crippen LogP contribution in [0.3, 0.4) is 0 Å². The Hall–Kier alpha value is -0.160. The molecule has 0 radical (unpaired) electrons. The number of nitrogens with two attached hydrogens (primary N) is 1. The average Bonchev–Trinajstić information content (AvgIpc) is 2.94. The summed E-state index contributed by atoms with van der Waals surface area (Å²) in [7, 11) is 1.84. The first-order valence-corrected chi connectivity index (χ1v) is 8.14. The van der Waals surface area contributed by atoms with E-state index in [0.717, 1.165) is 32.3 Å². The van der Waals surface area contributed by atoms with Gasteiger partial charge in [-0.05, 0) is 56.8 Å². The van der Waals surface area contributed by atoms with Crippen LogP contribution in [0, 0.1) is 5.41 Å². The Labute approximate surface area is 123 Å². The van der Waals surface area contributed by atoms with Gasteiger partial charge in [0.1, 0.15) is 0 Å².